The van der Waals surface area contributed by atoms with E-state index in [2.05, 4.69) is 201 Å². The largest absolute Gasteiger partial charge is 0.228 e. The lowest BCUT2D eigenvalue weighted by Crippen LogP contribution is -2.22. The van der Waals surface area contributed by atoms with Gasteiger partial charge in [0.2, 0.25) is 0 Å². The lowest BCUT2D eigenvalue weighted by Gasteiger charge is -2.28. The molecular weight excluding hydrogens is 709 g/mol. The molecule has 0 amide bonds. The van der Waals surface area contributed by atoms with Gasteiger partial charge in [-0.3, -0.25) is 0 Å². The minimum Gasteiger partial charge on any atom is -0.228 e. The maximum absolute atomic E-state index is 5.31. The molecule has 1 atom stereocenters. The lowest BCUT2D eigenvalue weighted by molar-refractivity contribution is 0.714. The molecule has 0 fully saturated rings. The van der Waals surface area contributed by atoms with Crippen LogP contribution in [0.2, 0.25) is 0 Å². The molecule has 57 heavy (non-hydrogen) atoms. The van der Waals surface area contributed by atoms with Crippen LogP contribution in [0.3, 0.4) is 0 Å². The molecule has 0 radical (unpaired) electrons. The summed E-state index contributed by atoms with van der Waals surface area (Å²) in [5, 5.41) is 2.62. The zero-order chi connectivity index (χ0) is 37.9. The number of thiophene rings is 1. The van der Waals surface area contributed by atoms with E-state index in [0.29, 0.717) is 5.82 Å². The van der Waals surface area contributed by atoms with Crippen molar-refractivity contribution in [3.05, 3.63) is 217 Å². The Morgan fingerprint density at radius 1 is 0.404 bits per heavy atom. The number of fused-ring (bicyclic) bond motifs is 6. The van der Waals surface area contributed by atoms with Gasteiger partial charge < -0.3 is 0 Å². The molecule has 1 unspecified atom stereocenters. The van der Waals surface area contributed by atoms with E-state index in [0.717, 1.165) is 33.6 Å². The summed E-state index contributed by atoms with van der Waals surface area (Å²) >= 11 is 1.85. The first-order valence-corrected chi connectivity index (χ1v) is 20.3. The summed E-state index contributed by atoms with van der Waals surface area (Å²) in [6.07, 6.45) is 0. The summed E-state index contributed by atoms with van der Waals surface area (Å²) in [5.41, 5.74) is 15.9. The molecule has 3 heteroatoms. The quantitative estimate of drug-likeness (QED) is 0.169. The summed E-state index contributed by atoms with van der Waals surface area (Å²) in [6, 6.07) is 72.1. The highest BCUT2D eigenvalue weighted by Gasteiger charge is 2.41. The predicted molar refractivity (Wildman–Crippen MR) is 240 cm³/mol. The Kier molecular flexibility index (Phi) is 7.84. The van der Waals surface area contributed by atoms with Gasteiger partial charge in [-0.1, -0.05) is 182 Å². The first-order valence-electron chi connectivity index (χ1n) is 19.5. The summed E-state index contributed by atoms with van der Waals surface area (Å²) < 4.78 is 2.62. The zero-order valence-corrected chi connectivity index (χ0v) is 32.2. The number of aromatic nitrogens is 2. The van der Waals surface area contributed by atoms with Crippen LogP contribution in [0.15, 0.2) is 200 Å². The molecule has 2 heterocycles. The molecule has 0 saturated heterocycles. The van der Waals surface area contributed by atoms with E-state index in [-0.39, 0.29) is 5.41 Å². The van der Waals surface area contributed by atoms with E-state index in [1.165, 1.54) is 64.7 Å². The van der Waals surface area contributed by atoms with Gasteiger partial charge in [-0.2, -0.15) is 0 Å². The second kappa shape index (κ2) is 13.4. The molecule has 10 aromatic rings. The number of hydrogen-bond donors (Lipinski definition) is 0. The fourth-order valence-corrected chi connectivity index (χ4v) is 10.2. The van der Waals surface area contributed by atoms with Gasteiger partial charge in [0.25, 0.3) is 0 Å². The van der Waals surface area contributed by atoms with Gasteiger partial charge >= 0.3 is 0 Å². The van der Waals surface area contributed by atoms with Crippen molar-refractivity contribution >= 4 is 31.5 Å². The third kappa shape index (κ3) is 5.38. The molecule has 11 rings (SSSR count). The number of benzene rings is 8. The van der Waals surface area contributed by atoms with Crippen molar-refractivity contribution in [2.45, 2.75) is 12.3 Å². The molecule has 0 bridgehead atoms. The van der Waals surface area contributed by atoms with Crippen molar-refractivity contribution in [3.63, 3.8) is 0 Å². The Hall–Kier alpha value is -6.94. The van der Waals surface area contributed by atoms with E-state index in [1.54, 1.807) is 0 Å². The number of hydrogen-bond acceptors (Lipinski definition) is 3. The Morgan fingerprint density at radius 3 is 1.81 bits per heavy atom. The van der Waals surface area contributed by atoms with Crippen LogP contribution in [0.1, 0.15) is 23.6 Å². The fourth-order valence-electron chi connectivity index (χ4n) is 9.07. The highest BCUT2D eigenvalue weighted by Crippen LogP contribution is 2.55. The molecule has 0 spiro atoms. The van der Waals surface area contributed by atoms with E-state index >= 15 is 0 Å². The van der Waals surface area contributed by atoms with Crippen LogP contribution in [-0.4, -0.2) is 9.97 Å². The van der Waals surface area contributed by atoms with Crippen molar-refractivity contribution in [2.75, 3.05) is 0 Å². The Bertz CT molecular complexity index is 3130. The van der Waals surface area contributed by atoms with Crippen LogP contribution in [0.25, 0.3) is 87.5 Å². The summed E-state index contributed by atoms with van der Waals surface area (Å²) in [7, 11) is 0. The second-order valence-corrected chi connectivity index (χ2v) is 16.1. The summed E-state index contributed by atoms with van der Waals surface area (Å²) in [4.78, 5) is 10.5. The van der Waals surface area contributed by atoms with E-state index < -0.39 is 0 Å². The van der Waals surface area contributed by atoms with Crippen LogP contribution in [0, 0.1) is 0 Å². The number of nitrogens with zero attached hydrogens (tertiary/aromatic N) is 2. The Labute approximate surface area is 336 Å². The average Bonchev–Trinajstić information content (AvgIpc) is 3.80. The SMILES string of the molecule is CC1(c2ccccc2)c2ccccc2-c2c(-c3ccccc3-c3cc(-c4ccc(-c5cccc6sc7ccccc7c56)cc4)nc(-c4ccccc4)n3)cccc21. The minimum absolute atomic E-state index is 0.283. The zero-order valence-electron chi connectivity index (χ0n) is 31.4. The first-order chi connectivity index (χ1) is 28.1. The maximum Gasteiger partial charge on any atom is 0.160 e. The van der Waals surface area contributed by atoms with Crippen LogP contribution in [0.5, 0.6) is 0 Å². The lowest BCUT2D eigenvalue weighted by atomic mass is 9.74. The van der Waals surface area contributed by atoms with E-state index in [1.807, 2.05) is 17.4 Å². The maximum atomic E-state index is 5.31. The predicted octanol–water partition coefficient (Wildman–Crippen LogP) is 14.5. The standard InChI is InChI=1S/C54H36N2S/c1-54(38-18-6-3-7-19-38)45-26-12-10-22-43(45)51-42(25-14-27-46(51)54)40-20-8-9-21-41(40)48-34-47(55-53(56-48)37-16-4-2-5-17-37)36-32-30-35(31-33-36)39-24-15-29-50-52(39)44-23-11-13-28-49(44)57-50/h2-34H,1H3. The van der Waals surface area contributed by atoms with Gasteiger partial charge in [0.1, 0.15) is 0 Å². The van der Waals surface area contributed by atoms with Gasteiger partial charge in [0, 0.05) is 42.3 Å². The molecule has 8 aromatic carbocycles. The van der Waals surface area contributed by atoms with Crippen molar-refractivity contribution in [1.29, 1.82) is 0 Å². The Balaban J connectivity index is 1.07. The van der Waals surface area contributed by atoms with Gasteiger partial charge in [0.15, 0.2) is 5.82 Å². The topological polar surface area (TPSA) is 25.8 Å². The molecule has 1 aliphatic carbocycles. The highest BCUT2D eigenvalue weighted by molar-refractivity contribution is 7.25. The molecule has 2 nitrogen and oxygen atoms in total. The van der Waals surface area contributed by atoms with Gasteiger partial charge in [-0.05, 0) is 75.2 Å². The highest BCUT2D eigenvalue weighted by atomic mass is 32.1. The van der Waals surface area contributed by atoms with Crippen molar-refractivity contribution in [3.8, 4) is 67.3 Å². The van der Waals surface area contributed by atoms with E-state index in [9.17, 15) is 0 Å². The van der Waals surface area contributed by atoms with Crippen molar-refractivity contribution in [1.82, 2.24) is 9.97 Å². The molecule has 1 aliphatic rings. The van der Waals surface area contributed by atoms with Gasteiger partial charge in [-0.15, -0.1) is 11.3 Å². The van der Waals surface area contributed by atoms with Crippen LogP contribution in [-0.2, 0) is 5.41 Å². The minimum atomic E-state index is -0.283. The molecule has 268 valence electrons. The number of rotatable bonds is 6. The van der Waals surface area contributed by atoms with Gasteiger partial charge in [-0.25, -0.2) is 9.97 Å². The summed E-state index contributed by atoms with van der Waals surface area (Å²) in [5.74, 6) is 0.705. The van der Waals surface area contributed by atoms with Crippen LogP contribution in [0.4, 0.5) is 0 Å². The van der Waals surface area contributed by atoms with Crippen molar-refractivity contribution in [2.24, 2.45) is 0 Å². The molecule has 2 aromatic heterocycles. The molecular formula is C54H36N2S. The van der Waals surface area contributed by atoms with Crippen LogP contribution < -0.4 is 0 Å². The monoisotopic (exact) mass is 744 g/mol. The Morgan fingerprint density at radius 2 is 0.982 bits per heavy atom. The fraction of sp³-hybridized carbons (Fsp3) is 0.0370. The van der Waals surface area contributed by atoms with E-state index in [4.69, 9.17) is 9.97 Å². The molecule has 0 N–H and O–H groups in total. The smallest absolute Gasteiger partial charge is 0.160 e. The van der Waals surface area contributed by atoms with Crippen LogP contribution >= 0.6 is 11.3 Å². The average molecular weight is 745 g/mol. The first kappa shape index (κ1) is 33.4. The second-order valence-electron chi connectivity index (χ2n) is 15.0. The third-order valence-electron chi connectivity index (χ3n) is 11.8. The molecule has 0 aliphatic heterocycles. The normalized spacial score (nSPS) is 14.5. The van der Waals surface area contributed by atoms with Gasteiger partial charge in [0.05, 0.1) is 11.4 Å². The third-order valence-corrected chi connectivity index (χ3v) is 13.0. The molecule has 0 saturated carbocycles. The van der Waals surface area contributed by atoms with Crippen molar-refractivity contribution < 1.29 is 0 Å². The summed E-state index contributed by atoms with van der Waals surface area (Å²) in [6.45, 7) is 2.37.